The van der Waals surface area contributed by atoms with Crippen LogP contribution in [0.4, 0.5) is 5.69 Å². The van der Waals surface area contributed by atoms with Crippen LogP contribution in [0, 0.1) is 17.2 Å². The summed E-state index contributed by atoms with van der Waals surface area (Å²) in [5.41, 5.74) is 4.72. The molecule has 1 aliphatic heterocycles. The normalized spacial score (nSPS) is 19.4. The van der Waals surface area contributed by atoms with E-state index in [0.29, 0.717) is 11.6 Å². The fourth-order valence-electron chi connectivity index (χ4n) is 6.39. The third kappa shape index (κ3) is 5.31. The number of nitrogens with one attached hydrogen (secondary N) is 1. The molecule has 2 saturated carbocycles. The third-order valence-corrected chi connectivity index (χ3v) is 9.39. The average Bonchev–Trinajstić information content (AvgIpc) is 3.30. The molecule has 0 atom stereocenters. The first-order chi connectivity index (χ1) is 19.3. The van der Waals surface area contributed by atoms with Crippen LogP contribution in [-0.4, -0.2) is 48.4 Å². The summed E-state index contributed by atoms with van der Waals surface area (Å²) in [7, 11) is -3.75. The van der Waals surface area contributed by atoms with E-state index in [1.165, 1.54) is 12.8 Å². The van der Waals surface area contributed by atoms with Crippen molar-refractivity contribution in [1.29, 1.82) is 5.26 Å². The maximum atomic E-state index is 13.1. The van der Waals surface area contributed by atoms with Crippen LogP contribution >= 0.6 is 0 Å². The standard InChI is InChI=1S/C30H36N6O3S/c1-40(38,39)34-30(37)26-18-25(21-10-12-23(13-11-21)35-16-14-20(19-31)15-17-35)27-28(22-6-5-7-22)33-36(29(27)32-26)24-8-3-2-4-9-24/h10-13,18,20,22,24H,2-9,14-17H2,1H3,(H,34,37). The number of amides is 1. The fourth-order valence-corrected chi connectivity index (χ4v) is 6.84. The van der Waals surface area contributed by atoms with Crippen LogP contribution in [0.3, 0.4) is 0 Å². The number of pyridine rings is 1. The first kappa shape index (κ1) is 26.8. The van der Waals surface area contributed by atoms with E-state index in [1.807, 2.05) is 4.68 Å². The fraction of sp³-hybridized carbons (Fsp3) is 0.533. The van der Waals surface area contributed by atoms with E-state index in [2.05, 4.69) is 40.0 Å². The van der Waals surface area contributed by atoms with Crippen molar-refractivity contribution in [2.75, 3.05) is 24.2 Å². The zero-order valence-corrected chi connectivity index (χ0v) is 23.8. The Morgan fingerprint density at radius 2 is 1.70 bits per heavy atom. The molecule has 0 spiro atoms. The highest BCUT2D eigenvalue weighted by atomic mass is 32.2. The Morgan fingerprint density at radius 1 is 1.00 bits per heavy atom. The molecule has 0 bridgehead atoms. The van der Waals surface area contributed by atoms with E-state index < -0.39 is 15.9 Å². The molecule has 1 amide bonds. The van der Waals surface area contributed by atoms with Crippen LogP contribution < -0.4 is 9.62 Å². The molecule has 9 nitrogen and oxygen atoms in total. The van der Waals surface area contributed by atoms with Crippen molar-refractivity contribution in [1.82, 2.24) is 19.5 Å². The second-order valence-electron chi connectivity index (χ2n) is 11.6. The van der Waals surface area contributed by atoms with Crippen molar-refractivity contribution < 1.29 is 13.2 Å². The molecule has 10 heteroatoms. The summed E-state index contributed by atoms with van der Waals surface area (Å²) in [5, 5.41) is 15.4. The molecule has 3 fully saturated rings. The van der Waals surface area contributed by atoms with Crippen molar-refractivity contribution in [3.63, 3.8) is 0 Å². The minimum atomic E-state index is -3.75. The number of carbonyl (C=O) groups is 1. The van der Waals surface area contributed by atoms with Gasteiger partial charge in [0.15, 0.2) is 5.65 Å². The predicted octanol–water partition coefficient (Wildman–Crippen LogP) is 5.30. The zero-order chi connectivity index (χ0) is 27.9. The van der Waals surface area contributed by atoms with Crippen LogP contribution in [0.15, 0.2) is 30.3 Å². The second-order valence-corrected chi connectivity index (χ2v) is 13.4. The molecule has 3 aromatic rings. The van der Waals surface area contributed by atoms with Crippen molar-refractivity contribution >= 4 is 32.7 Å². The van der Waals surface area contributed by atoms with Crippen LogP contribution in [0.5, 0.6) is 0 Å². The van der Waals surface area contributed by atoms with Gasteiger partial charge in [-0.3, -0.25) is 4.79 Å². The molecule has 3 aliphatic rings. The van der Waals surface area contributed by atoms with Gasteiger partial charge in [0.1, 0.15) is 5.69 Å². The number of fused-ring (bicyclic) bond motifs is 1. The van der Waals surface area contributed by atoms with Crippen molar-refractivity contribution in [3.05, 3.63) is 41.7 Å². The van der Waals surface area contributed by atoms with Gasteiger partial charge in [0.25, 0.3) is 5.91 Å². The quantitative estimate of drug-likeness (QED) is 0.434. The van der Waals surface area contributed by atoms with Gasteiger partial charge in [0.2, 0.25) is 10.0 Å². The number of hydrogen-bond donors (Lipinski definition) is 1. The Morgan fingerprint density at radius 3 is 2.30 bits per heavy atom. The highest BCUT2D eigenvalue weighted by Crippen LogP contribution is 2.44. The van der Waals surface area contributed by atoms with Gasteiger partial charge in [-0.15, -0.1) is 0 Å². The van der Waals surface area contributed by atoms with E-state index in [1.54, 1.807) is 6.07 Å². The summed E-state index contributed by atoms with van der Waals surface area (Å²) < 4.78 is 28.0. The van der Waals surface area contributed by atoms with Gasteiger partial charge in [-0.1, -0.05) is 37.8 Å². The van der Waals surface area contributed by atoms with E-state index in [-0.39, 0.29) is 17.7 Å². The zero-order valence-electron chi connectivity index (χ0n) is 23.0. The van der Waals surface area contributed by atoms with Crippen LogP contribution in [0.1, 0.15) is 92.4 Å². The number of benzene rings is 1. The molecule has 0 radical (unpaired) electrons. The van der Waals surface area contributed by atoms with Crippen molar-refractivity contribution in [3.8, 4) is 17.2 Å². The van der Waals surface area contributed by atoms with Gasteiger partial charge in [-0.05, 0) is 67.9 Å². The van der Waals surface area contributed by atoms with E-state index in [9.17, 15) is 18.5 Å². The molecule has 1 saturated heterocycles. The number of aromatic nitrogens is 3. The Bertz CT molecular complexity index is 1560. The molecule has 6 rings (SSSR count). The Labute approximate surface area is 235 Å². The monoisotopic (exact) mass is 560 g/mol. The van der Waals surface area contributed by atoms with Gasteiger partial charge in [0.05, 0.1) is 29.4 Å². The number of anilines is 1. The van der Waals surface area contributed by atoms with Gasteiger partial charge in [0, 0.05) is 30.6 Å². The summed E-state index contributed by atoms with van der Waals surface area (Å²) in [4.78, 5) is 20.2. The number of sulfonamides is 1. The van der Waals surface area contributed by atoms with Crippen LogP contribution in [0.2, 0.25) is 0 Å². The smallest absolute Gasteiger partial charge is 0.283 e. The number of piperidine rings is 1. The maximum absolute atomic E-state index is 13.1. The minimum absolute atomic E-state index is 0.0766. The van der Waals surface area contributed by atoms with E-state index in [0.717, 1.165) is 98.6 Å². The van der Waals surface area contributed by atoms with E-state index in [4.69, 9.17) is 10.1 Å². The summed E-state index contributed by atoms with van der Waals surface area (Å²) in [6.07, 6.45) is 11.6. The lowest BCUT2D eigenvalue weighted by atomic mass is 9.81. The number of carbonyl (C=O) groups excluding carboxylic acids is 1. The summed E-state index contributed by atoms with van der Waals surface area (Å²) >= 11 is 0. The Balaban J connectivity index is 1.46. The summed E-state index contributed by atoms with van der Waals surface area (Å²) in [6.45, 7) is 1.71. The number of rotatable bonds is 6. The molecular weight excluding hydrogens is 524 g/mol. The van der Waals surface area contributed by atoms with Gasteiger partial charge >= 0.3 is 0 Å². The molecule has 210 valence electrons. The highest BCUT2D eigenvalue weighted by molar-refractivity contribution is 7.89. The molecule has 1 aromatic carbocycles. The predicted molar refractivity (Wildman–Crippen MR) is 155 cm³/mol. The second kappa shape index (κ2) is 10.8. The lowest BCUT2D eigenvalue weighted by molar-refractivity contribution is 0.0977. The lowest BCUT2D eigenvalue weighted by Crippen LogP contribution is -2.33. The summed E-state index contributed by atoms with van der Waals surface area (Å²) in [5.74, 6) is -0.240. The molecular formula is C30H36N6O3S. The third-order valence-electron chi connectivity index (χ3n) is 8.83. The first-order valence-electron chi connectivity index (χ1n) is 14.5. The van der Waals surface area contributed by atoms with Crippen LogP contribution in [-0.2, 0) is 10.0 Å². The molecule has 1 N–H and O–H groups in total. The van der Waals surface area contributed by atoms with Gasteiger partial charge in [-0.25, -0.2) is 22.8 Å². The van der Waals surface area contributed by atoms with E-state index >= 15 is 0 Å². The lowest BCUT2D eigenvalue weighted by Gasteiger charge is -2.31. The van der Waals surface area contributed by atoms with Gasteiger partial charge in [-0.2, -0.15) is 10.4 Å². The first-order valence-corrected chi connectivity index (χ1v) is 16.4. The van der Waals surface area contributed by atoms with Crippen molar-refractivity contribution in [2.45, 2.75) is 76.2 Å². The Kier molecular flexibility index (Phi) is 7.26. The average molecular weight is 561 g/mol. The number of hydrogen-bond acceptors (Lipinski definition) is 7. The topological polar surface area (TPSA) is 121 Å². The molecule has 2 aliphatic carbocycles. The number of nitrogens with zero attached hydrogens (tertiary/aromatic N) is 5. The van der Waals surface area contributed by atoms with Crippen LogP contribution in [0.25, 0.3) is 22.2 Å². The molecule has 0 unspecified atom stereocenters. The molecule has 2 aromatic heterocycles. The minimum Gasteiger partial charge on any atom is -0.371 e. The molecule has 40 heavy (non-hydrogen) atoms. The SMILES string of the molecule is CS(=O)(=O)NC(=O)c1cc(-c2ccc(N3CCC(C#N)CC3)cc2)c2c(C3CCC3)nn(C3CCCCC3)c2n1. The number of nitriles is 1. The Hall–Kier alpha value is -3.45. The largest absolute Gasteiger partial charge is 0.371 e. The molecule has 3 heterocycles. The van der Waals surface area contributed by atoms with Gasteiger partial charge < -0.3 is 4.90 Å². The summed E-state index contributed by atoms with van der Waals surface area (Å²) in [6, 6.07) is 12.7. The van der Waals surface area contributed by atoms with Crippen molar-refractivity contribution in [2.24, 2.45) is 5.92 Å². The maximum Gasteiger partial charge on any atom is 0.283 e. The highest BCUT2D eigenvalue weighted by Gasteiger charge is 2.31.